The van der Waals surface area contributed by atoms with Crippen LogP contribution in [0, 0.1) is 6.92 Å². The van der Waals surface area contributed by atoms with Gasteiger partial charge in [0.1, 0.15) is 16.5 Å². The Kier molecular flexibility index (Phi) is 4.36. The van der Waals surface area contributed by atoms with Crippen LogP contribution in [0.5, 0.6) is 5.75 Å². The molecule has 2 aromatic rings. The van der Waals surface area contributed by atoms with E-state index in [1.54, 1.807) is 18.6 Å². The molecule has 0 saturated heterocycles. The number of hydrogen-bond donors (Lipinski definition) is 2. The van der Waals surface area contributed by atoms with Crippen LogP contribution in [0.4, 0.5) is 5.69 Å². The van der Waals surface area contributed by atoms with E-state index >= 15 is 0 Å². The number of carbonyl (C=O) groups excluding carboxylic acids is 1. The van der Waals surface area contributed by atoms with E-state index in [9.17, 15) is 4.79 Å². The zero-order chi connectivity index (χ0) is 14.7. The Morgan fingerprint density at radius 1 is 1.50 bits per heavy atom. The highest BCUT2D eigenvalue weighted by atomic mass is 32.1. The van der Waals surface area contributed by atoms with E-state index in [1.807, 2.05) is 26.0 Å². The summed E-state index contributed by atoms with van der Waals surface area (Å²) in [6, 6.07) is 5.32. The second kappa shape index (κ2) is 6.02. The van der Waals surface area contributed by atoms with Gasteiger partial charge in [-0.15, -0.1) is 11.3 Å². The first kappa shape index (κ1) is 14.5. The standard InChI is InChI=1S/C14H17N3O2S/c1-8-6-10(19-3)4-5-11(8)16-13(18)12-7-20-14(17-12)9(2)15/h4-7,9H,15H2,1-3H3,(H,16,18). The van der Waals surface area contributed by atoms with Gasteiger partial charge in [-0.1, -0.05) is 0 Å². The molecule has 5 nitrogen and oxygen atoms in total. The Labute approximate surface area is 121 Å². The van der Waals surface area contributed by atoms with Crippen molar-refractivity contribution < 1.29 is 9.53 Å². The Balaban J connectivity index is 2.14. The summed E-state index contributed by atoms with van der Waals surface area (Å²) < 4.78 is 5.13. The number of carbonyl (C=O) groups is 1. The van der Waals surface area contributed by atoms with Crippen LogP contribution in [0.2, 0.25) is 0 Å². The van der Waals surface area contributed by atoms with Crippen molar-refractivity contribution in [2.24, 2.45) is 5.73 Å². The molecule has 3 N–H and O–H groups in total. The van der Waals surface area contributed by atoms with Gasteiger partial charge in [-0.3, -0.25) is 4.79 Å². The monoisotopic (exact) mass is 291 g/mol. The Bertz CT molecular complexity index is 623. The molecule has 0 radical (unpaired) electrons. The van der Waals surface area contributed by atoms with E-state index in [0.717, 1.165) is 22.0 Å². The fourth-order valence-electron chi connectivity index (χ4n) is 1.69. The molecule has 1 atom stereocenters. The topological polar surface area (TPSA) is 77.2 Å². The van der Waals surface area contributed by atoms with Crippen molar-refractivity contribution in [3.63, 3.8) is 0 Å². The van der Waals surface area contributed by atoms with E-state index in [2.05, 4.69) is 10.3 Å². The van der Waals surface area contributed by atoms with Crippen molar-refractivity contribution in [2.45, 2.75) is 19.9 Å². The molecule has 0 bridgehead atoms. The van der Waals surface area contributed by atoms with Crippen molar-refractivity contribution in [3.8, 4) is 5.75 Å². The molecule has 1 heterocycles. The van der Waals surface area contributed by atoms with Crippen molar-refractivity contribution in [3.05, 3.63) is 39.8 Å². The van der Waals surface area contributed by atoms with Crippen molar-refractivity contribution >= 4 is 22.9 Å². The average molecular weight is 291 g/mol. The lowest BCUT2D eigenvalue weighted by Gasteiger charge is -2.08. The number of ether oxygens (including phenoxy) is 1. The van der Waals surface area contributed by atoms with Gasteiger partial charge in [0, 0.05) is 11.1 Å². The van der Waals surface area contributed by atoms with Gasteiger partial charge >= 0.3 is 0 Å². The molecule has 0 aliphatic rings. The number of hydrogen-bond acceptors (Lipinski definition) is 5. The number of methoxy groups -OCH3 is 1. The van der Waals surface area contributed by atoms with Gasteiger partial charge in [-0.05, 0) is 37.6 Å². The molecule has 0 saturated carbocycles. The third-order valence-electron chi connectivity index (χ3n) is 2.83. The SMILES string of the molecule is COc1ccc(NC(=O)c2csc(C(C)N)n2)c(C)c1. The summed E-state index contributed by atoms with van der Waals surface area (Å²) in [5.41, 5.74) is 7.80. The first-order valence-corrected chi connectivity index (χ1v) is 7.06. The molecule has 0 fully saturated rings. The van der Waals surface area contributed by atoms with Crippen molar-refractivity contribution in [1.82, 2.24) is 4.98 Å². The maximum absolute atomic E-state index is 12.1. The normalized spacial score (nSPS) is 12.0. The van der Waals surface area contributed by atoms with Gasteiger partial charge in [0.15, 0.2) is 0 Å². The summed E-state index contributed by atoms with van der Waals surface area (Å²) >= 11 is 1.39. The zero-order valence-electron chi connectivity index (χ0n) is 11.6. The predicted octanol–water partition coefficient (Wildman–Crippen LogP) is 2.73. The maximum atomic E-state index is 12.1. The van der Waals surface area contributed by atoms with E-state index in [-0.39, 0.29) is 11.9 Å². The number of nitrogens with zero attached hydrogens (tertiary/aromatic N) is 1. The number of anilines is 1. The number of amides is 1. The van der Waals surface area contributed by atoms with Crippen LogP contribution in [-0.4, -0.2) is 18.0 Å². The highest BCUT2D eigenvalue weighted by molar-refractivity contribution is 7.09. The van der Waals surface area contributed by atoms with Crippen LogP contribution in [0.3, 0.4) is 0 Å². The van der Waals surface area contributed by atoms with Crippen LogP contribution >= 0.6 is 11.3 Å². The summed E-state index contributed by atoms with van der Waals surface area (Å²) in [5.74, 6) is 0.523. The fraction of sp³-hybridized carbons (Fsp3) is 0.286. The van der Waals surface area contributed by atoms with Crippen molar-refractivity contribution in [1.29, 1.82) is 0 Å². The molecule has 1 amide bonds. The molecule has 20 heavy (non-hydrogen) atoms. The second-order valence-corrected chi connectivity index (χ2v) is 5.38. The average Bonchev–Trinajstić information content (AvgIpc) is 2.91. The highest BCUT2D eigenvalue weighted by Gasteiger charge is 2.13. The molecule has 1 unspecified atom stereocenters. The minimum Gasteiger partial charge on any atom is -0.497 e. The molecule has 1 aromatic heterocycles. The first-order chi connectivity index (χ1) is 9.51. The number of rotatable bonds is 4. The van der Waals surface area contributed by atoms with Gasteiger partial charge in [0.2, 0.25) is 0 Å². The van der Waals surface area contributed by atoms with Gasteiger partial charge < -0.3 is 15.8 Å². The molecule has 2 rings (SSSR count). The van der Waals surface area contributed by atoms with Crippen LogP contribution in [0.15, 0.2) is 23.6 Å². The van der Waals surface area contributed by atoms with Crippen molar-refractivity contribution in [2.75, 3.05) is 12.4 Å². The minimum absolute atomic E-state index is 0.163. The van der Waals surface area contributed by atoms with E-state index in [0.29, 0.717) is 5.69 Å². The summed E-state index contributed by atoms with van der Waals surface area (Å²) in [6.07, 6.45) is 0. The third kappa shape index (κ3) is 3.15. The lowest BCUT2D eigenvalue weighted by atomic mass is 10.2. The second-order valence-electron chi connectivity index (χ2n) is 4.49. The first-order valence-electron chi connectivity index (χ1n) is 6.18. The lowest BCUT2D eigenvalue weighted by Crippen LogP contribution is -2.14. The van der Waals surface area contributed by atoms with Gasteiger partial charge in [-0.25, -0.2) is 4.98 Å². The predicted molar refractivity (Wildman–Crippen MR) is 80.4 cm³/mol. The quantitative estimate of drug-likeness (QED) is 0.908. The molecule has 0 spiro atoms. The van der Waals surface area contributed by atoms with Gasteiger partial charge in [0.05, 0.1) is 13.2 Å². The number of thiazole rings is 1. The molecule has 0 aliphatic heterocycles. The lowest BCUT2D eigenvalue weighted by molar-refractivity contribution is 0.102. The smallest absolute Gasteiger partial charge is 0.275 e. The Morgan fingerprint density at radius 3 is 2.80 bits per heavy atom. The summed E-state index contributed by atoms with van der Waals surface area (Å²) in [7, 11) is 1.61. The summed E-state index contributed by atoms with van der Waals surface area (Å²) in [5, 5.41) is 5.31. The Morgan fingerprint density at radius 2 is 2.25 bits per heavy atom. The molecule has 0 aliphatic carbocycles. The van der Waals surface area contributed by atoms with Crippen LogP contribution in [-0.2, 0) is 0 Å². The molecular weight excluding hydrogens is 274 g/mol. The highest BCUT2D eigenvalue weighted by Crippen LogP contribution is 2.22. The van der Waals surface area contributed by atoms with Crippen LogP contribution in [0.25, 0.3) is 0 Å². The molecule has 1 aromatic carbocycles. The third-order valence-corrected chi connectivity index (χ3v) is 3.87. The van der Waals surface area contributed by atoms with E-state index in [4.69, 9.17) is 10.5 Å². The maximum Gasteiger partial charge on any atom is 0.275 e. The summed E-state index contributed by atoms with van der Waals surface area (Å²) in [4.78, 5) is 16.3. The molecule has 106 valence electrons. The number of aromatic nitrogens is 1. The van der Waals surface area contributed by atoms with Crippen LogP contribution < -0.4 is 15.8 Å². The fourth-order valence-corrected chi connectivity index (χ4v) is 2.45. The van der Waals surface area contributed by atoms with E-state index in [1.165, 1.54) is 11.3 Å². The number of aryl methyl sites for hydroxylation is 1. The van der Waals surface area contributed by atoms with Crippen LogP contribution in [0.1, 0.15) is 34.0 Å². The number of benzene rings is 1. The number of nitrogens with two attached hydrogens (primary N) is 1. The summed E-state index contributed by atoms with van der Waals surface area (Å²) in [6.45, 7) is 3.75. The Hall–Kier alpha value is -1.92. The van der Waals surface area contributed by atoms with Gasteiger partial charge in [-0.2, -0.15) is 0 Å². The largest absolute Gasteiger partial charge is 0.497 e. The molecule has 6 heteroatoms. The molecular formula is C14H17N3O2S. The minimum atomic E-state index is -0.235. The van der Waals surface area contributed by atoms with E-state index < -0.39 is 0 Å². The number of nitrogens with one attached hydrogen (secondary N) is 1. The zero-order valence-corrected chi connectivity index (χ0v) is 12.5. The van der Waals surface area contributed by atoms with Gasteiger partial charge in [0.25, 0.3) is 5.91 Å².